The Balaban J connectivity index is 2.07. The largest absolute Gasteiger partial charge is 0.494 e. The molecule has 0 bridgehead atoms. The van der Waals surface area contributed by atoms with E-state index in [9.17, 15) is 4.79 Å². The average Bonchev–Trinajstić information content (AvgIpc) is 2.97. The Hall–Kier alpha value is -2.23. The fourth-order valence-corrected chi connectivity index (χ4v) is 2.52. The highest BCUT2D eigenvalue weighted by Gasteiger charge is 2.20. The van der Waals surface area contributed by atoms with Gasteiger partial charge in [0.1, 0.15) is 5.75 Å². The maximum Gasteiger partial charge on any atom is 0.254 e. The Kier molecular flexibility index (Phi) is 6.47. The molecule has 1 heterocycles. The predicted molar refractivity (Wildman–Crippen MR) is 97.3 cm³/mol. The summed E-state index contributed by atoms with van der Waals surface area (Å²) in [7, 11) is 2.00. The van der Waals surface area contributed by atoms with Gasteiger partial charge >= 0.3 is 0 Å². The zero-order valence-corrected chi connectivity index (χ0v) is 15.2. The van der Waals surface area contributed by atoms with Gasteiger partial charge in [-0.2, -0.15) is 0 Å². The number of rotatable bonds is 8. The number of unbranched alkanes of at least 4 members (excludes halogenated alkanes) is 1. The number of hydrogen-bond acceptors (Lipinski definition) is 2. The fourth-order valence-electron chi connectivity index (χ4n) is 2.52. The minimum Gasteiger partial charge on any atom is -0.494 e. The van der Waals surface area contributed by atoms with Gasteiger partial charge in [0.2, 0.25) is 0 Å². The molecule has 2 rings (SSSR count). The average molecular weight is 328 g/mol. The Labute approximate surface area is 145 Å². The Morgan fingerprint density at radius 1 is 1.21 bits per heavy atom. The van der Waals surface area contributed by atoms with Crippen molar-refractivity contribution >= 4 is 5.91 Å². The van der Waals surface area contributed by atoms with Crippen LogP contribution >= 0.6 is 0 Å². The molecule has 1 aromatic heterocycles. The number of carbonyl (C=O) groups excluding carboxylic acids is 1. The Bertz CT molecular complexity index is 644. The number of ether oxygens (including phenoxy) is 1. The van der Waals surface area contributed by atoms with E-state index in [1.807, 2.05) is 73.0 Å². The smallest absolute Gasteiger partial charge is 0.254 e. The van der Waals surface area contributed by atoms with Crippen LogP contribution in [0.2, 0.25) is 0 Å². The van der Waals surface area contributed by atoms with E-state index in [4.69, 9.17) is 4.74 Å². The SMILES string of the molecule is CCCCOc1ccc(C(=O)N(Cc2cccn2C)C(C)C)cc1. The highest BCUT2D eigenvalue weighted by Crippen LogP contribution is 2.17. The van der Waals surface area contributed by atoms with E-state index in [2.05, 4.69) is 6.92 Å². The molecule has 2 aromatic rings. The summed E-state index contributed by atoms with van der Waals surface area (Å²) in [5, 5.41) is 0. The molecule has 0 spiro atoms. The van der Waals surface area contributed by atoms with Crippen molar-refractivity contribution in [1.82, 2.24) is 9.47 Å². The molecule has 0 atom stereocenters. The van der Waals surface area contributed by atoms with Gasteiger partial charge in [0, 0.05) is 30.5 Å². The molecule has 130 valence electrons. The fraction of sp³-hybridized carbons (Fsp3) is 0.450. The third-order valence-corrected chi connectivity index (χ3v) is 4.14. The van der Waals surface area contributed by atoms with Crippen molar-refractivity contribution in [3.05, 3.63) is 53.9 Å². The molecule has 0 radical (unpaired) electrons. The molecule has 0 saturated carbocycles. The second kappa shape index (κ2) is 8.57. The zero-order chi connectivity index (χ0) is 17.5. The number of benzene rings is 1. The van der Waals surface area contributed by atoms with Gasteiger partial charge in [0.15, 0.2) is 0 Å². The monoisotopic (exact) mass is 328 g/mol. The van der Waals surface area contributed by atoms with Crippen LogP contribution in [0.25, 0.3) is 0 Å². The van der Waals surface area contributed by atoms with Crippen LogP contribution in [0.4, 0.5) is 0 Å². The number of carbonyl (C=O) groups is 1. The number of nitrogens with zero attached hydrogens (tertiary/aromatic N) is 2. The van der Waals surface area contributed by atoms with Crippen molar-refractivity contribution in [2.45, 2.75) is 46.2 Å². The molecule has 0 fully saturated rings. The maximum absolute atomic E-state index is 12.9. The van der Waals surface area contributed by atoms with E-state index in [1.54, 1.807) is 0 Å². The minimum atomic E-state index is 0.0475. The number of hydrogen-bond donors (Lipinski definition) is 0. The topological polar surface area (TPSA) is 34.5 Å². The van der Waals surface area contributed by atoms with Crippen molar-refractivity contribution in [3.63, 3.8) is 0 Å². The van der Waals surface area contributed by atoms with E-state index in [0.717, 1.165) is 30.9 Å². The molecular formula is C20H28N2O2. The van der Waals surface area contributed by atoms with Crippen molar-refractivity contribution < 1.29 is 9.53 Å². The molecule has 4 nitrogen and oxygen atoms in total. The van der Waals surface area contributed by atoms with Gasteiger partial charge in [-0.3, -0.25) is 4.79 Å². The summed E-state index contributed by atoms with van der Waals surface area (Å²) >= 11 is 0. The highest BCUT2D eigenvalue weighted by atomic mass is 16.5. The molecule has 0 aliphatic rings. The van der Waals surface area contributed by atoms with Crippen LogP contribution in [-0.4, -0.2) is 28.0 Å². The number of amides is 1. The first-order chi connectivity index (χ1) is 11.5. The van der Waals surface area contributed by atoms with Gasteiger partial charge in [-0.05, 0) is 56.7 Å². The number of aromatic nitrogens is 1. The third kappa shape index (κ3) is 4.63. The van der Waals surface area contributed by atoms with E-state index in [-0.39, 0.29) is 11.9 Å². The van der Waals surface area contributed by atoms with Gasteiger partial charge in [-0.25, -0.2) is 0 Å². The van der Waals surface area contributed by atoms with E-state index in [1.165, 1.54) is 0 Å². The molecule has 1 aromatic carbocycles. The molecule has 0 unspecified atom stereocenters. The van der Waals surface area contributed by atoms with E-state index < -0.39 is 0 Å². The molecular weight excluding hydrogens is 300 g/mol. The van der Waals surface area contributed by atoms with Crippen LogP contribution in [0.5, 0.6) is 5.75 Å². The lowest BCUT2D eigenvalue weighted by molar-refractivity contribution is 0.0686. The normalized spacial score (nSPS) is 10.9. The van der Waals surface area contributed by atoms with Gasteiger partial charge in [-0.1, -0.05) is 13.3 Å². The predicted octanol–water partition coefficient (Wildman–Crippen LogP) is 4.25. The van der Waals surface area contributed by atoms with Gasteiger partial charge in [-0.15, -0.1) is 0 Å². The first-order valence-electron chi connectivity index (χ1n) is 8.67. The molecule has 24 heavy (non-hydrogen) atoms. The van der Waals surface area contributed by atoms with Crippen LogP contribution in [-0.2, 0) is 13.6 Å². The summed E-state index contributed by atoms with van der Waals surface area (Å²) in [5.41, 5.74) is 1.82. The lowest BCUT2D eigenvalue weighted by Gasteiger charge is -2.27. The lowest BCUT2D eigenvalue weighted by atomic mass is 10.1. The maximum atomic E-state index is 12.9. The van der Waals surface area contributed by atoms with Crippen LogP contribution < -0.4 is 4.74 Å². The minimum absolute atomic E-state index is 0.0475. The summed E-state index contributed by atoms with van der Waals surface area (Å²) in [5.74, 6) is 0.866. The molecule has 4 heteroatoms. The van der Waals surface area contributed by atoms with Gasteiger partial charge in [0.05, 0.1) is 13.2 Å². The van der Waals surface area contributed by atoms with Gasteiger partial charge < -0.3 is 14.2 Å². The molecule has 0 saturated heterocycles. The Morgan fingerprint density at radius 3 is 2.46 bits per heavy atom. The van der Waals surface area contributed by atoms with Crippen molar-refractivity contribution in [1.29, 1.82) is 0 Å². The van der Waals surface area contributed by atoms with Crippen LogP contribution in [0.3, 0.4) is 0 Å². The highest BCUT2D eigenvalue weighted by molar-refractivity contribution is 5.94. The van der Waals surface area contributed by atoms with Crippen LogP contribution in [0.1, 0.15) is 49.7 Å². The molecule has 0 aliphatic heterocycles. The second-order valence-corrected chi connectivity index (χ2v) is 6.36. The van der Waals surface area contributed by atoms with Crippen molar-refractivity contribution in [3.8, 4) is 5.75 Å². The molecule has 0 N–H and O–H groups in total. The standard InChI is InChI=1S/C20H28N2O2/c1-5-6-14-24-19-11-9-17(10-12-19)20(23)22(16(2)3)15-18-8-7-13-21(18)4/h7-13,16H,5-6,14-15H2,1-4H3. The quantitative estimate of drug-likeness (QED) is 0.679. The van der Waals surface area contributed by atoms with E-state index in [0.29, 0.717) is 12.1 Å². The van der Waals surface area contributed by atoms with E-state index >= 15 is 0 Å². The van der Waals surface area contributed by atoms with Crippen LogP contribution in [0, 0.1) is 0 Å². The third-order valence-electron chi connectivity index (χ3n) is 4.14. The van der Waals surface area contributed by atoms with Gasteiger partial charge in [0.25, 0.3) is 5.91 Å². The van der Waals surface area contributed by atoms with Crippen molar-refractivity contribution in [2.75, 3.05) is 6.61 Å². The molecule has 0 aliphatic carbocycles. The first kappa shape index (κ1) is 18.1. The zero-order valence-electron chi connectivity index (χ0n) is 15.2. The van der Waals surface area contributed by atoms with Crippen molar-refractivity contribution in [2.24, 2.45) is 7.05 Å². The second-order valence-electron chi connectivity index (χ2n) is 6.36. The summed E-state index contributed by atoms with van der Waals surface area (Å²) in [6, 6.07) is 11.6. The number of aryl methyl sites for hydroxylation is 1. The summed E-state index contributed by atoms with van der Waals surface area (Å²) in [6.07, 6.45) is 4.15. The lowest BCUT2D eigenvalue weighted by Crippen LogP contribution is -2.36. The van der Waals surface area contributed by atoms with Crippen LogP contribution in [0.15, 0.2) is 42.6 Å². The summed E-state index contributed by atoms with van der Waals surface area (Å²) in [4.78, 5) is 14.8. The first-order valence-corrected chi connectivity index (χ1v) is 8.67. The Morgan fingerprint density at radius 2 is 1.92 bits per heavy atom. The molecule has 1 amide bonds. The summed E-state index contributed by atoms with van der Waals surface area (Å²) in [6.45, 7) is 7.55. The summed E-state index contributed by atoms with van der Waals surface area (Å²) < 4.78 is 7.71.